The molecule has 9 N–H and O–H groups in total. The Morgan fingerprint density at radius 3 is 2.09 bits per heavy atom. The average Bonchev–Trinajstić information content (AvgIpc) is 2.75. The molecule has 0 saturated carbocycles. The minimum absolute atomic E-state index is 0.000230. The Hall–Kier alpha value is -0.940. The molecule has 4 unspecified atom stereocenters. The number of aliphatic hydroxyl groups is 6. The SMILES string of the molecule is C=C(C)NC1[C@H](O[C@@H]2C(COCCO)O[C@@H](O)C(N)[C@H]2O)OC(COCCO)[C@@H](O)[C@@H]1O. The first-order chi connectivity index (χ1) is 15.2. The highest BCUT2D eigenvalue weighted by Gasteiger charge is 2.50. The Labute approximate surface area is 186 Å². The Balaban J connectivity index is 2.21. The largest absolute Gasteiger partial charge is 0.394 e. The molecular weight excluding hydrogens is 432 g/mol. The molecule has 32 heavy (non-hydrogen) atoms. The molecule has 0 aromatic rings. The molecule has 2 heterocycles. The molecule has 2 aliphatic rings. The minimum atomic E-state index is -1.48. The lowest BCUT2D eigenvalue weighted by molar-refractivity contribution is -0.328. The molecule has 0 aromatic heterocycles. The van der Waals surface area contributed by atoms with Gasteiger partial charge in [-0.2, -0.15) is 0 Å². The number of hydrogen-bond donors (Lipinski definition) is 8. The van der Waals surface area contributed by atoms with Gasteiger partial charge in [-0.1, -0.05) is 6.58 Å². The summed E-state index contributed by atoms with van der Waals surface area (Å²) in [4.78, 5) is 0. The van der Waals surface area contributed by atoms with Crippen LogP contribution < -0.4 is 11.1 Å². The second-order valence-electron chi connectivity index (χ2n) is 7.81. The molecule has 13 heteroatoms. The van der Waals surface area contributed by atoms with E-state index in [9.17, 15) is 20.4 Å². The summed E-state index contributed by atoms with van der Waals surface area (Å²) in [7, 11) is 0. The van der Waals surface area contributed by atoms with Crippen LogP contribution in [0.2, 0.25) is 0 Å². The van der Waals surface area contributed by atoms with E-state index in [2.05, 4.69) is 11.9 Å². The second kappa shape index (κ2) is 13.1. The fraction of sp³-hybridized carbons (Fsp3) is 0.895. The Bertz CT molecular complexity index is 571. The summed E-state index contributed by atoms with van der Waals surface area (Å²) in [6.45, 7) is 4.65. The highest BCUT2D eigenvalue weighted by molar-refractivity contribution is 5.01. The number of aliphatic hydroxyl groups excluding tert-OH is 6. The van der Waals surface area contributed by atoms with Gasteiger partial charge in [0.15, 0.2) is 12.6 Å². The number of nitrogens with one attached hydrogen (secondary N) is 1. The molecule has 188 valence electrons. The van der Waals surface area contributed by atoms with Crippen LogP contribution in [-0.4, -0.2) is 132 Å². The number of allylic oxidation sites excluding steroid dienone is 1. The van der Waals surface area contributed by atoms with Crippen molar-refractivity contribution in [1.82, 2.24) is 5.32 Å². The monoisotopic (exact) mass is 468 g/mol. The van der Waals surface area contributed by atoms with Crippen LogP contribution in [0.3, 0.4) is 0 Å². The van der Waals surface area contributed by atoms with Gasteiger partial charge in [0.05, 0.1) is 45.7 Å². The molecule has 0 aliphatic carbocycles. The van der Waals surface area contributed by atoms with Gasteiger partial charge in [0.1, 0.15) is 42.7 Å². The Morgan fingerprint density at radius 2 is 1.53 bits per heavy atom. The topological polar surface area (TPSA) is 206 Å². The van der Waals surface area contributed by atoms with Gasteiger partial charge in [-0.15, -0.1) is 0 Å². The molecule has 2 fully saturated rings. The van der Waals surface area contributed by atoms with Gasteiger partial charge < -0.3 is 65.4 Å². The molecule has 2 rings (SSSR count). The van der Waals surface area contributed by atoms with Gasteiger partial charge in [-0.25, -0.2) is 0 Å². The van der Waals surface area contributed by atoms with Crippen molar-refractivity contribution in [1.29, 1.82) is 0 Å². The maximum absolute atomic E-state index is 10.7. The predicted octanol–water partition coefficient (Wildman–Crippen LogP) is -4.27. The zero-order valence-corrected chi connectivity index (χ0v) is 18.0. The number of ether oxygens (including phenoxy) is 5. The highest BCUT2D eigenvalue weighted by atomic mass is 16.7. The number of hydrogen-bond acceptors (Lipinski definition) is 13. The zero-order valence-electron chi connectivity index (χ0n) is 18.0. The van der Waals surface area contributed by atoms with Crippen molar-refractivity contribution in [2.24, 2.45) is 5.73 Å². The summed E-state index contributed by atoms with van der Waals surface area (Å²) in [5.74, 6) is 0. The zero-order chi connectivity index (χ0) is 23.8. The second-order valence-corrected chi connectivity index (χ2v) is 7.81. The van der Waals surface area contributed by atoms with Crippen LogP contribution in [0, 0.1) is 0 Å². The van der Waals surface area contributed by atoms with E-state index in [0.717, 1.165) is 0 Å². The molecule has 13 nitrogen and oxygen atoms in total. The molecule has 10 atom stereocenters. The van der Waals surface area contributed by atoms with Gasteiger partial charge in [-0.3, -0.25) is 0 Å². The maximum Gasteiger partial charge on any atom is 0.181 e. The lowest BCUT2D eigenvalue weighted by atomic mass is 9.95. The molecule has 0 aromatic carbocycles. The minimum Gasteiger partial charge on any atom is -0.394 e. The van der Waals surface area contributed by atoms with Gasteiger partial charge in [-0.05, 0) is 6.92 Å². The summed E-state index contributed by atoms with van der Waals surface area (Å²) in [5, 5.41) is 62.5. The third-order valence-corrected chi connectivity index (χ3v) is 5.18. The molecule has 2 saturated heterocycles. The standard InChI is InChI=1S/C19H36N2O11/c1-9(2)21-13-16(26)14(24)10(7-28-5-3-22)31-19(13)32-17-11(8-29-6-4-23)30-18(27)12(20)15(17)25/h10-19,21-27H,1,3-8,20H2,2H3/t10?,11?,12?,13?,14-,15-,16-,17-,18-,19+/m1/s1. The summed E-state index contributed by atoms with van der Waals surface area (Å²) in [6.07, 6.45) is -9.92. The van der Waals surface area contributed by atoms with Gasteiger partial charge in [0, 0.05) is 5.70 Å². The molecular formula is C19H36N2O11. The van der Waals surface area contributed by atoms with Crippen molar-refractivity contribution in [3.05, 3.63) is 12.3 Å². The van der Waals surface area contributed by atoms with Gasteiger partial charge in [0.2, 0.25) is 0 Å². The van der Waals surface area contributed by atoms with E-state index in [4.69, 9.17) is 39.6 Å². The van der Waals surface area contributed by atoms with Crippen LogP contribution in [0.15, 0.2) is 12.3 Å². The highest BCUT2D eigenvalue weighted by Crippen LogP contribution is 2.29. The van der Waals surface area contributed by atoms with Crippen LogP contribution in [0.1, 0.15) is 6.92 Å². The van der Waals surface area contributed by atoms with Crippen molar-refractivity contribution >= 4 is 0 Å². The summed E-state index contributed by atoms with van der Waals surface area (Å²) >= 11 is 0. The average molecular weight is 469 g/mol. The number of rotatable bonds is 12. The van der Waals surface area contributed by atoms with Crippen LogP contribution in [0.4, 0.5) is 0 Å². The quantitative estimate of drug-likeness (QED) is 0.128. The van der Waals surface area contributed by atoms with E-state index in [0.29, 0.717) is 5.70 Å². The molecule has 2 aliphatic heterocycles. The summed E-state index contributed by atoms with van der Waals surface area (Å²) in [6, 6.07) is -2.17. The first-order valence-corrected chi connectivity index (χ1v) is 10.4. The normalized spacial score (nSPS) is 40.2. The molecule has 0 bridgehead atoms. The van der Waals surface area contributed by atoms with Crippen LogP contribution >= 0.6 is 0 Å². The molecule has 0 spiro atoms. The lowest BCUT2D eigenvalue weighted by Crippen LogP contribution is -2.68. The first kappa shape index (κ1) is 27.3. The van der Waals surface area contributed by atoms with E-state index in [1.807, 2.05) is 0 Å². The molecule has 0 amide bonds. The van der Waals surface area contributed by atoms with Crippen LogP contribution in [-0.2, 0) is 23.7 Å². The van der Waals surface area contributed by atoms with Crippen molar-refractivity contribution in [3.8, 4) is 0 Å². The van der Waals surface area contributed by atoms with Crippen LogP contribution in [0.5, 0.6) is 0 Å². The van der Waals surface area contributed by atoms with E-state index >= 15 is 0 Å². The van der Waals surface area contributed by atoms with Crippen molar-refractivity contribution in [2.75, 3.05) is 39.6 Å². The fourth-order valence-corrected chi connectivity index (χ4v) is 3.56. The van der Waals surface area contributed by atoms with Crippen molar-refractivity contribution in [2.45, 2.75) is 68.2 Å². The van der Waals surface area contributed by atoms with Gasteiger partial charge >= 0.3 is 0 Å². The third kappa shape index (κ3) is 7.03. The molecule has 0 radical (unpaired) electrons. The van der Waals surface area contributed by atoms with Crippen LogP contribution in [0.25, 0.3) is 0 Å². The van der Waals surface area contributed by atoms with E-state index in [1.54, 1.807) is 6.92 Å². The van der Waals surface area contributed by atoms with E-state index < -0.39 is 61.3 Å². The van der Waals surface area contributed by atoms with E-state index in [1.165, 1.54) is 0 Å². The van der Waals surface area contributed by atoms with Gasteiger partial charge in [0.25, 0.3) is 0 Å². The smallest absolute Gasteiger partial charge is 0.181 e. The lowest BCUT2D eigenvalue weighted by Gasteiger charge is -2.47. The van der Waals surface area contributed by atoms with Crippen molar-refractivity contribution < 1.29 is 54.3 Å². The van der Waals surface area contributed by atoms with Crippen molar-refractivity contribution in [3.63, 3.8) is 0 Å². The van der Waals surface area contributed by atoms with E-state index in [-0.39, 0.29) is 39.6 Å². The fourth-order valence-electron chi connectivity index (χ4n) is 3.56. The first-order valence-electron chi connectivity index (χ1n) is 10.4. The third-order valence-electron chi connectivity index (χ3n) is 5.18. The Kier molecular flexibility index (Phi) is 11.2. The maximum atomic E-state index is 10.7. The summed E-state index contributed by atoms with van der Waals surface area (Å²) < 4.78 is 27.7. The summed E-state index contributed by atoms with van der Waals surface area (Å²) in [5.41, 5.74) is 6.28. The number of nitrogens with two attached hydrogens (primary N) is 1. The predicted molar refractivity (Wildman–Crippen MR) is 108 cm³/mol. The Morgan fingerprint density at radius 1 is 0.938 bits per heavy atom.